The molecule has 1 aromatic carbocycles. The van der Waals surface area contributed by atoms with Gasteiger partial charge in [0.15, 0.2) is 0 Å². The van der Waals surface area contributed by atoms with Gasteiger partial charge in [-0.1, -0.05) is 12.1 Å². The number of fused-ring (bicyclic) bond motifs is 1. The van der Waals surface area contributed by atoms with Crippen molar-refractivity contribution in [2.45, 2.75) is 20.3 Å². The zero-order chi connectivity index (χ0) is 21.0. The Morgan fingerprint density at radius 1 is 1.38 bits per heavy atom. The molecule has 2 aromatic heterocycles. The highest BCUT2D eigenvalue weighted by molar-refractivity contribution is 7.18. The number of allylic oxidation sites excluding steroid dienone is 1. The number of rotatable bonds is 6. The predicted octanol–water partition coefficient (Wildman–Crippen LogP) is 2.87. The van der Waals surface area contributed by atoms with Crippen molar-refractivity contribution >= 4 is 45.4 Å². The lowest BCUT2D eigenvalue weighted by Gasteiger charge is -2.00. The Morgan fingerprint density at radius 3 is 2.90 bits per heavy atom. The van der Waals surface area contributed by atoms with Gasteiger partial charge in [0.25, 0.3) is 11.2 Å². The zero-order valence-corrected chi connectivity index (χ0v) is 16.4. The highest BCUT2D eigenvalue weighted by Crippen LogP contribution is 2.25. The van der Waals surface area contributed by atoms with Crippen molar-refractivity contribution in [3.8, 4) is 0 Å². The van der Waals surface area contributed by atoms with E-state index < -0.39 is 10.8 Å². The SMILES string of the molecule is Cc1sc2nc(CC(=O)N/N=C\C=C\c3ccccc3[N+](=O)[O-])[nH]c(=O)c2c1C. The second kappa shape index (κ2) is 8.57. The Morgan fingerprint density at radius 2 is 2.14 bits per heavy atom. The van der Waals surface area contributed by atoms with Gasteiger partial charge in [-0.3, -0.25) is 19.7 Å². The molecule has 1 amide bonds. The van der Waals surface area contributed by atoms with Crippen LogP contribution in [-0.4, -0.2) is 27.0 Å². The maximum Gasteiger partial charge on any atom is 0.276 e. The predicted molar refractivity (Wildman–Crippen MR) is 112 cm³/mol. The fourth-order valence-electron chi connectivity index (χ4n) is 2.67. The molecule has 0 saturated carbocycles. The highest BCUT2D eigenvalue weighted by Gasteiger charge is 2.13. The summed E-state index contributed by atoms with van der Waals surface area (Å²) in [7, 11) is 0. The van der Waals surface area contributed by atoms with Crippen molar-refractivity contribution < 1.29 is 9.72 Å². The second-order valence-electron chi connectivity index (χ2n) is 6.14. The number of aromatic amines is 1. The molecule has 0 spiro atoms. The number of H-pyrrole nitrogens is 1. The average molecular weight is 411 g/mol. The lowest BCUT2D eigenvalue weighted by atomic mass is 10.2. The van der Waals surface area contributed by atoms with E-state index >= 15 is 0 Å². The molecule has 0 saturated heterocycles. The third kappa shape index (κ3) is 4.61. The van der Waals surface area contributed by atoms with E-state index in [0.29, 0.717) is 15.8 Å². The molecule has 0 unspecified atom stereocenters. The van der Waals surface area contributed by atoms with Crippen molar-refractivity contribution in [3.63, 3.8) is 0 Å². The molecular weight excluding hydrogens is 394 g/mol. The van der Waals surface area contributed by atoms with Gasteiger partial charge in [0, 0.05) is 17.2 Å². The molecule has 2 N–H and O–H groups in total. The van der Waals surface area contributed by atoms with Crippen molar-refractivity contribution in [2.24, 2.45) is 5.10 Å². The molecule has 0 fully saturated rings. The van der Waals surface area contributed by atoms with E-state index in [1.807, 2.05) is 13.8 Å². The van der Waals surface area contributed by atoms with Gasteiger partial charge in [-0.05, 0) is 37.6 Å². The largest absolute Gasteiger partial charge is 0.309 e. The summed E-state index contributed by atoms with van der Waals surface area (Å²) < 4.78 is 0. The van der Waals surface area contributed by atoms with Gasteiger partial charge in [-0.25, -0.2) is 10.4 Å². The van der Waals surface area contributed by atoms with Crippen LogP contribution >= 0.6 is 11.3 Å². The van der Waals surface area contributed by atoms with Gasteiger partial charge >= 0.3 is 0 Å². The molecule has 3 aromatic rings. The Bertz CT molecular complexity index is 1210. The first-order valence-corrected chi connectivity index (χ1v) is 9.39. The van der Waals surface area contributed by atoms with Crippen molar-refractivity contribution in [3.05, 3.63) is 72.6 Å². The lowest BCUT2D eigenvalue weighted by molar-refractivity contribution is -0.385. The number of carbonyl (C=O) groups is 1. The van der Waals surface area contributed by atoms with E-state index in [1.54, 1.807) is 18.2 Å². The van der Waals surface area contributed by atoms with Gasteiger partial charge < -0.3 is 4.98 Å². The van der Waals surface area contributed by atoms with Crippen LogP contribution in [0.2, 0.25) is 0 Å². The fourth-order valence-corrected chi connectivity index (χ4v) is 3.72. The number of para-hydroxylation sites is 1. The van der Waals surface area contributed by atoms with Crippen molar-refractivity contribution in [1.82, 2.24) is 15.4 Å². The number of hydrogen-bond acceptors (Lipinski definition) is 7. The minimum atomic E-state index is -0.472. The molecular formula is C19H17N5O4S. The topological polar surface area (TPSA) is 130 Å². The van der Waals surface area contributed by atoms with Crippen LogP contribution in [0.3, 0.4) is 0 Å². The Labute approximate surface area is 169 Å². The Kier molecular flexibility index (Phi) is 5.93. The number of amides is 1. The van der Waals surface area contributed by atoms with E-state index in [0.717, 1.165) is 10.4 Å². The summed E-state index contributed by atoms with van der Waals surface area (Å²) >= 11 is 1.41. The van der Waals surface area contributed by atoms with Crippen molar-refractivity contribution in [1.29, 1.82) is 0 Å². The maximum atomic E-state index is 12.2. The summed E-state index contributed by atoms with van der Waals surface area (Å²) in [6, 6.07) is 6.28. The fraction of sp³-hybridized carbons (Fsp3) is 0.158. The van der Waals surface area contributed by atoms with Gasteiger partial charge in [0.2, 0.25) is 5.91 Å². The molecule has 29 heavy (non-hydrogen) atoms. The number of nitrogens with zero attached hydrogens (tertiary/aromatic N) is 3. The molecule has 0 aliphatic heterocycles. The number of aromatic nitrogens is 2. The number of benzene rings is 1. The summed E-state index contributed by atoms with van der Waals surface area (Å²) in [5.74, 6) is -0.195. The normalized spacial score (nSPS) is 11.5. The summed E-state index contributed by atoms with van der Waals surface area (Å²) in [6.07, 6.45) is 4.17. The van der Waals surface area contributed by atoms with E-state index in [1.165, 1.54) is 35.8 Å². The molecule has 10 heteroatoms. The zero-order valence-electron chi connectivity index (χ0n) is 15.6. The number of nitro groups is 1. The number of hydrazone groups is 1. The number of aryl methyl sites for hydroxylation is 2. The Hall–Kier alpha value is -3.66. The smallest absolute Gasteiger partial charge is 0.276 e. The monoisotopic (exact) mass is 411 g/mol. The first kappa shape index (κ1) is 20.1. The molecule has 0 aliphatic rings. The second-order valence-corrected chi connectivity index (χ2v) is 7.34. The van der Waals surface area contributed by atoms with Crippen LogP contribution in [0.25, 0.3) is 16.3 Å². The minimum absolute atomic E-state index is 0.0225. The molecule has 0 aliphatic carbocycles. The van der Waals surface area contributed by atoms with Gasteiger partial charge in [-0.15, -0.1) is 11.3 Å². The molecule has 148 valence electrons. The summed E-state index contributed by atoms with van der Waals surface area (Å²) in [5.41, 5.74) is 3.35. The summed E-state index contributed by atoms with van der Waals surface area (Å²) in [5, 5.41) is 15.3. The van der Waals surface area contributed by atoms with E-state index in [2.05, 4.69) is 20.5 Å². The lowest BCUT2D eigenvalue weighted by Crippen LogP contribution is -2.22. The van der Waals surface area contributed by atoms with Crippen LogP contribution in [0.4, 0.5) is 5.69 Å². The molecule has 0 atom stereocenters. The maximum absolute atomic E-state index is 12.2. The van der Waals surface area contributed by atoms with Crippen LogP contribution in [0.1, 0.15) is 21.8 Å². The van der Waals surface area contributed by atoms with Crippen LogP contribution in [0, 0.1) is 24.0 Å². The van der Waals surface area contributed by atoms with Crippen LogP contribution in [0.15, 0.2) is 40.2 Å². The van der Waals surface area contributed by atoms with Crippen LogP contribution in [-0.2, 0) is 11.2 Å². The third-order valence-corrected chi connectivity index (χ3v) is 5.28. The molecule has 3 rings (SSSR count). The van der Waals surface area contributed by atoms with Crippen LogP contribution < -0.4 is 11.0 Å². The van der Waals surface area contributed by atoms with Gasteiger partial charge in [-0.2, -0.15) is 5.10 Å². The molecule has 9 nitrogen and oxygen atoms in total. The van der Waals surface area contributed by atoms with Gasteiger partial charge in [0.05, 0.1) is 22.3 Å². The van der Waals surface area contributed by atoms with E-state index in [9.17, 15) is 19.7 Å². The quantitative estimate of drug-likeness (QED) is 0.366. The standard InChI is InChI=1S/C19H17N5O4S/c1-11-12(2)29-19-17(11)18(26)21-15(22-19)10-16(25)23-20-9-5-7-13-6-3-4-8-14(13)24(27)28/h3-9H,10H2,1-2H3,(H,23,25)(H,21,22,26)/b7-5+,20-9-. The Balaban J connectivity index is 1.62. The number of carbonyl (C=O) groups excluding carboxylic acids is 1. The van der Waals surface area contributed by atoms with E-state index in [4.69, 9.17) is 0 Å². The number of thiophene rings is 1. The summed E-state index contributed by atoms with van der Waals surface area (Å²) in [6.45, 7) is 3.78. The summed E-state index contributed by atoms with van der Waals surface area (Å²) in [4.78, 5) is 43.3. The number of nitro benzene ring substituents is 1. The van der Waals surface area contributed by atoms with Crippen LogP contribution in [0.5, 0.6) is 0 Å². The molecule has 2 heterocycles. The molecule has 0 radical (unpaired) electrons. The molecule has 0 bridgehead atoms. The first-order chi connectivity index (χ1) is 13.9. The number of hydrogen-bond donors (Lipinski definition) is 2. The third-order valence-electron chi connectivity index (χ3n) is 4.18. The van der Waals surface area contributed by atoms with Crippen molar-refractivity contribution in [2.75, 3.05) is 0 Å². The first-order valence-electron chi connectivity index (χ1n) is 8.57. The minimum Gasteiger partial charge on any atom is -0.309 e. The number of nitrogens with one attached hydrogen (secondary N) is 2. The average Bonchev–Trinajstić information content (AvgIpc) is 2.95. The highest BCUT2D eigenvalue weighted by atomic mass is 32.1. The van der Waals surface area contributed by atoms with E-state index in [-0.39, 0.29) is 23.5 Å². The van der Waals surface area contributed by atoms with Gasteiger partial charge in [0.1, 0.15) is 10.7 Å².